The van der Waals surface area contributed by atoms with Gasteiger partial charge in [0.15, 0.2) is 0 Å². The van der Waals surface area contributed by atoms with Crippen molar-refractivity contribution in [1.82, 2.24) is 15.1 Å². The van der Waals surface area contributed by atoms with E-state index in [0.29, 0.717) is 12.6 Å². The molecule has 6 nitrogen and oxygen atoms in total. The van der Waals surface area contributed by atoms with Gasteiger partial charge >= 0.3 is 12.0 Å². The lowest BCUT2D eigenvalue weighted by Crippen LogP contribution is -2.55. The number of hydrogen-bond donors (Lipinski definition) is 2. The van der Waals surface area contributed by atoms with Crippen LogP contribution in [0.5, 0.6) is 0 Å². The number of nitrogens with one attached hydrogen (secondary N) is 1. The quantitative estimate of drug-likeness (QED) is 0.818. The molecule has 1 aliphatic carbocycles. The van der Waals surface area contributed by atoms with Crippen molar-refractivity contribution in [2.75, 3.05) is 33.2 Å². The second kappa shape index (κ2) is 7.11. The highest BCUT2D eigenvalue weighted by molar-refractivity contribution is 5.75. The van der Waals surface area contributed by atoms with Crippen molar-refractivity contribution < 1.29 is 14.7 Å². The Morgan fingerprint density at radius 3 is 2.71 bits per heavy atom. The van der Waals surface area contributed by atoms with Crippen LogP contribution in [0.25, 0.3) is 0 Å². The Morgan fingerprint density at radius 2 is 2.05 bits per heavy atom. The van der Waals surface area contributed by atoms with Gasteiger partial charge in [0.1, 0.15) is 0 Å². The van der Waals surface area contributed by atoms with Crippen LogP contribution in [-0.4, -0.2) is 66.2 Å². The van der Waals surface area contributed by atoms with E-state index in [0.717, 1.165) is 45.3 Å². The molecule has 2 N–H and O–H groups in total. The summed E-state index contributed by atoms with van der Waals surface area (Å²) in [5.74, 6) is -0.931. The van der Waals surface area contributed by atoms with E-state index in [1.165, 1.54) is 0 Å². The van der Waals surface area contributed by atoms with E-state index in [4.69, 9.17) is 5.11 Å². The fourth-order valence-corrected chi connectivity index (χ4v) is 3.51. The number of carbonyl (C=O) groups excluding carboxylic acids is 1. The fourth-order valence-electron chi connectivity index (χ4n) is 3.51. The molecule has 3 atom stereocenters. The first-order chi connectivity index (χ1) is 10.0. The smallest absolute Gasteiger partial charge is 0.317 e. The van der Waals surface area contributed by atoms with Crippen molar-refractivity contribution in [2.24, 2.45) is 11.8 Å². The Morgan fingerprint density at radius 1 is 1.29 bits per heavy atom. The number of hydrogen-bond acceptors (Lipinski definition) is 3. The molecule has 0 aromatic carbocycles. The Bertz CT molecular complexity index is 388. The summed E-state index contributed by atoms with van der Waals surface area (Å²) in [4.78, 5) is 27.5. The van der Waals surface area contributed by atoms with E-state index in [9.17, 15) is 9.59 Å². The topological polar surface area (TPSA) is 72.9 Å². The van der Waals surface area contributed by atoms with Gasteiger partial charge in [-0.15, -0.1) is 0 Å². The summed E-state index contributed by atoms with van der Waals surface area (Å²) in [5, 5.41) is 12.1. The third-order valence-corrected chi connectivity index (χ3v) is 5.03. The normalized spacial score (nSPS) is 30.4. The highest BCUT2D eigenvalue weighted by atomic mass is 16.4. The minimum Gasteiger partial charge on any atom is -0.481 e. The SMILES string of the molecule is CCC1CN(C(=O)NCC2CCCC2C(=O)O)CCN1C. The third-order valence-electron chi connectivity index (χ3n) is 5.03. The molecule has 0 aromatic heterocycles. The molecule has 1 aliphatic heterocycles. The van der Waals surface area contributed by atoms with E-state index in [2.05, 4.69) is 24.2 Å². The second-order valence-corrected chi connectivity index (χ2v) is 6.31. The number of likely N-dealkylation sites (N-methyl/N-ethyl adjacent to an activating group) is 1. The van der Waals surface area contributed by atoms with Crippen molar-refractivity contribution in [3.63, 3.8) is 0 Å². The summed E-state index contributed by atoms with van der Waals surface area (Å²) < 4.78 is 0. The average Bonchev–Trinajstić information content (AvgIpc) is 2.94. The molecule has 2 fully saturated rings. The van der Waals surface area contributed by atoms with Crippen molar-refractivity contribution in [3.05, 3.63) is 0 Å². The molecule has 0 radical (unpaired) electrons. The van der Waals surface area contributed by atoms with Crippen molar-refractivity contribution >= 4 is 12.0 Å². The predicted molar refractivity (Wildman–Crippen MR) is 80.1 cm³/mol. The highest BCUT2D eigenvalue weighted by Crippen LogP contribution is 2.31. The molecule has 1 heterocycles. The number of piperazine rings is 1. The molecular formula is C15H27N3O3. The van der Waals surface area contributed by atoms with Crippen LogP contribution in [0.15, 0.2) is 0 Å². The molecule has 2 aliphatic rings. The van der Waals surface area contributed by atoms with Gasteiger partial charge in [-0.05, 0) is 32.2 Å². The first kappa shape index (κ1) is 16.1. The summed E-state index contributed by atoms with van der Waals surface area (Å²) >= 11 is 0. The summed E-state index contributed by atoms with van der Waals surface area (Å²) in [7, 11) is 2.10. The lowest BCUT2D eigenvalue weighted by atomic mass is 9.96. The minimum atomic E-state index is -0.725. The summed E-state index contributed by atoms with van der Waals surface area (Å²) in [5.41, 5.74) is 0. The van der Waals surface area contributed by atoms with Gasteiger partial charge in [0.05, 0.1) is 5.92 Å². The Hall–Kier alpha value is -1.30. The Kier molecular flexibility index (Phi) is 5.45. The van der Waals surface area contributed by atoms with Crippen LogP contribution in [-0.2, 0) is 4.79 Å². The molecule has 2 amide bonds. The number of carboxylic acid groups (broad SMARTS) is 1. The molecule has 3 unspecified atom stereocenters. The Labute approximate surface area is 126 Å². The zero-order valence-electron chi connectivity index (χ0n) is 13.0. The van der Waals surface area contributed by atoms with Gasteiger partial charge < -0.3 is 15.3 Å². The highest BCUT2D eigenvalue weighted by Gasteiger charge is 2.33. The van der Waals surface area contributed by atoms with Gasteiger partial charge in [-0.1, -0.05) is 13.3 Å². The largest absolute Gasteiger partial charge is 0.481 e. The van der Waals surface area contributed by atoms with Crippen molar-refractivity contribution in [3.8, 4) is 0 Å². The maximum atomic E-state index is 12.2. The van der Waals surface area contributed by atoms with Crippen LogP contribution in [0.4, 0.5) is 4.79 Å². The molecule has 2 rings (SSSR count). The van der Waals surface area contributed by atoms with E-state index in [1.54, 1.807) is 0 Å². The summed E-state index contributed by atoms with van der Waals surface area (Å²) in [6.07, 6.45) is 3.62. The van der Waals surface area contributed by atoms with E-state index in [1.807, 2.05) is 4.90 Å². The van der Waals surface area contributed by atoms with Crippen LogP contribution < -0.4 is 5.32 Å². The lowest BCUT2D eigenvalue weighted by Gasteiger charge is -2.39. The molecular weight excluding hydrogens is 270 g/mol. The zero-order chi connectivity index (χ0) is 15.4. The molecule has 0 aromatic rings. The maximum Gasteiger partial charge on any atom is 0.317 e. The first-order valence-corrected chi connectivity index (χ1v) is 7.98. The molecule has 120 valence electrons. The van der Waals surface area contributed by atoms with Gasteiger partial charge in [-0.2, -0.15) is 0 Å². The summed E-state index contributed by atoms with van der Waals surface area (Å²) in [6, 6.07) is 0.375. The van der Waals surface area contributed by atoms with Crippen molar-refractivity contribution in [1.29, 1.82) is 0 Å². The number of nitrogens with zero attached hydrogens (tertiary/aromatic N) is 2. The number of rotatable bonds is 4. The number of carboxylic acids is 1. The maximum absolute atomic E-state index is 12.2. The van der Waals surface area contributed by atoms with Crippen molar-refractivity contribution in [2.45, 2.75) is 38.6 Å². The third kappa shape index (κ3) is 3.87. The number of carbonyl (C=O) groups is 2. The predicted octanol–water partition coefficient (Wildman–Crippen LogP) is 1.22. The molecule has 0 bridgehead atoms. The molecule has 6 heteroatoms. The first-order valence-electron chi connectivity index (χ1n) is 7.98. The number of aliphatic carboxylic acids is 1. The summed E-state index contributed by atoms with van der Waals surface area (Å²) in [6.45, 7) is 5.02. The van der Waals surface area contributed by atoms with Crippen LogP contribution in [0.3, 0.4) is 0 Å². The van der Waals surface area contributed by atoms with Gasteiger partial charge in [0.2, 0.25) is 0 Å². The minimum absolute atomic E-state index is 0.0439. The molecule has 0 spiro atoms. The average molecular weight is 297 g/mol. The van der Waals surface area contributed by atoms with Gasteiger partial charge in [-0.3, -0.25) is 9.69 Å². The Balaban J connectivity index is 1.80. The zero-order valence-corrected chi connectivity index (χ0v) is 13.0. The monoisotopic (exact) mass is 297 g/mol. The fraction of sp³-hybridized carbons (Fsp3) is 0.867. The van der Waals surface area contributed by atoms with Gasteiger partial charge in [0, 0.05) is 32.2 Å². The number of urea groups is 1. The standard InChI is InChI=1S/C15H27N3O3/c1-3-12-10-18(8-7-17(12)2)15(21)16-9-11-5-4-6-13(11)14(19)20/h11-13H,3-10H2,1-2H3,(H,16,21)(H,19,20). The van der Waals surface area contributed by atoms with Crippen LogP contribution in [0, 0.1) is 11.8 Å². The van der Waals surface area contributed by atoms with Crippen LogP contribution in [0.2, 0.25) is 0 Å². The van der Waals surface area contributed by atoms with E-state index < -0.39 is 5.97 Å². The second-order valence-electron chi connectivity index (χ2n) is 6.31. The van der Waals surface area contributed by atoms with E-state index in [-0.39, 0.29) is 17.9 Å². The molecule has 21 heavy (non-hydrogen) atoms. The molecule has 1 saturated carbocycles. The van der Waals surface area contributed by atoms with Gasteiger partial charge in [0.25, 0.3) is 0 Å². The van der Waals surface area contributed by atoms with Gasteiger partial charge in [-0.25, -0.2) is 4.79 Å². The number of amides is 2. The molecule has 1 saturated heterocycles. The van der Waals surface area contributed by atoms with Crippen LogP contribution in [0.1, 0.15) is 32.6 Å². The van der Waals surface area contributed by atoms with Crippen LogP contribution >= 0.6 is 0 Å². The lowest BCUT2D eigenvalue weighted by molar-refractivity contribution is -0.142. The van der Waals surface area contributed by atoms with E-state index >= 15 is 0 Å².